The topological polar surface area (TPSA) is 25.8 Å². The predicted molar refractivity (Wildman–Crippen MR) is 121 cm³/mol. The van der Waals surface area contributed by atoms with Crippen LogP contribution in [0.5, 0.6) is 0 Å². The lowest BCUT2D eigenvalue weighted by Gasteiger charge is -2.08. The quantitative estimate of drug-likeness (QED) is 0.275. The van der Waals surface area contributed by atoms with E-state index in [2.05, 4.69) is 83.3 Å². The molecule has 0 saturated heterocycles. The van der Waals surface area contributed by atoms with E-state index in [4.69, 9.17) is 9.97 Å². The number of aromatic nitrogens is 2. The Balaban J connectivity index is 1.62. The van der Waals surface area contributed by atoms with Crippen LogP contribution < -0.4 is 0 Å². The van der Waals surface area contributed by atoms with E-state index in [9.17, 15) is 0 Å². The highest BCUT2D eigenvalue weighted by atomic mass is 127. The summed E-state index contributed by atoms with van der Waals surface area (Å²) >= 11 is 2.28. The first-order chi connectivity index (χ1) is 13.3. The normalized spacial score (nSPS) is 11.1. The van der Waals surface area contributed by atoms with Gasteiger partial charge in [0, 0.05) is 5.56 Å². The zero-order valence-corrected chi connectivity index (χ0v) is 16.6. The lowest BCUT2D eigenvalue weighted by atomic mass is 9.99. The molecule has 0 aliphatic rings. The summed E-state index contributed by atoms with van der Waals surface area (Å²) in [5.41, 5.74) is 6.35. The first kappa shape index (κ1) is 16.4. The highest BCUT2D eigenvalue weighted by Gasteiger charge is 2.10. The predicted octanol–water partition coefficient (Wildman–Crippen LogP) is 6.72. The number of rotatable bonds is 2. The average molecular weight is 458 g/mol. The minimum atomic E-state index is 0.923. The Bertz CT molecular complexity index is 1280. The van der Waals surface area contributed by atoms with Crippen molar-refractivity contribution in [2.24, 2.45) is 0 Å². The zero-order chi connectivity index (χ0) is 18.2. The summed E-state index contributed by atoms with van der Waals surface area (Å²) < 4.78 is 0.923. The third kappa shape index (κ3) is 3.08. The van der Waals surface area contributed by atoms with Gasteiger partial charge in [0.15, 0.2) is 0 Å². The summed E-state index contributed by atoms with van der Waals surface area (Å²) in [5, 5.41) is 2.43. The summed E-state index contributed by atoms with van der Waals surface area (Å²) in [6, 6.07) is 31.6. The Morgan fingerprint density at radius 3 is 1.85 bits per heavy atom. The van der Waals surface area contributed by atoms with E-state index in [0.29, 0.717) is 0 Å². The van der Waals surface area contributed by atoms with Crippen LogP contribution in [-0.4, -0.2) is 9.97 Å². The van der Waals surface area contributed by atoms with Crippen molar-refractivity contribution in [2.75, 3.05) is 0 Å². The van der Waals surface area contributed by atoms with Gasteiger partial charge in [0.2, 0.25) is 0 Å². The maximum atomic E-state index is 4.85. The summed E-state index contributed by atoms with van der Waals surface area (Å²) in [7, 11) is 0. The molecule has 4 aromatic carbocycles. The van der Waals surface area contributed by atoms with E-state index in [1.54, 1.807) is 0 Å². The SMILES string of the molecule is Ic1nc2ccccc2nc1-c1ccc2cc(-c3ccccc3)ccc2c1. The van der Waals surface area contributed by atoms with Crippen molar-refractivity contribution in [3.05, 3.63) is 94.7 Å². The molecular weight excluding hydrogens is 443 g/mol. The summed E-state index contributed by atoms with van der Waals surface area (Å²) in [6.45, 7) is 0. The van der Waals surface area contributed by atoms with Crippen LogP contribution in [0.4, 0.5) is 0 Å². The smallest absolute Gasteiger partial charge is 0.128 e. The number of halogens is 1. The number of nitrogens with zero attached hydrogens (tertiary/aromatic N) is 2. The van der Waals surface area contributed by atoms with E-state index < -0.39 is 0 Å². The standard InChI is InChI=1S/C24H15IN2/c25-24-23(26-21-8-4-5-9-22(21)27-24)20-13-12-18-14-17(10-11-19(18)15-20)16-6-2-1-3-7-16/h1-15H. The van der Waals surface area contributed by atoms with E-state index >= 15 is 0 Å². The van der Waals surface area contributed by atoms with Crippen molar-refractivity contribution in [2.45, 2.75) is 0 Å². The highest BCUT2D eigenvalue weighted by molar-refractivity contribution is 14.1. The molecule has 0 fully saturated rings. The Morgan fingerprint density at radius 2 is 1.11 bits per heavy atom. The number of para-hydroxylation sites is 2. The van der Waals surface area contributed by atoms with Crippen LogP contribution >= 0.6 is 22.6 Å². The molecule has 0 aliphatic heterocycles. The molecule has 2 nitrogen and oxygen atoms in total. The molecule has 27 heavy (non-hydrogen) atoms. The number of hydrogen-bond acceptors (Lipinski definition) is 2. The van der Waals surface area contributed by atoms with E-state index in [-0.39, 0.29) is 0 Å². The zero-order valence-electron chi connectivity index (χ0n) is 14.4. The largest absolute Gasteiger partial charge is 0.243 e. The Hall–Kier alpha value is -2.79. The number of fused-ring (bicyclic) bond motifs is 2. The van der Waals surface area contributed by atoms with Crippen molar-refractivity contribution < 1.29 is 0 Å². The molecular formula is C24H15IN2. The second kappa shape index (κ2) is 6.74. The van der Waals surface area contributed by atoms with Gasteiger partial charge in [0.1, 0.15) is 9.39 Å². The summed E-state index contributed by atoms with van der Waals surface area (Å²) in [6.07, 6.45) is 0. The lowest BCUT2D eigenvalue weighted by Crippen LogP contribution is -1.94. The molecule has 0 N–H and O–H groups in total. The van der Waals surface area contributed by atoms with Crippen LogP contribution in [0.15, 0.2) is 91.0 Å². The molecule has 5 rings (SSSR count). The van der Waals surface area contributed by atoms with Crippen LogP contribution in [0.3, 0.4) is 0 Å². The molecule has 128 valence electrons. The van der Waals surface area contributed by atoms with E-state index in [1.165, 1.54) is 21.9 Å². The fourth-order valence-electron chi connectivity index (χ4n) is 3.37. The third-order valence-corrected chi connectivity index (χ3v) is 5.50. The highest BCUT2D eigenvalue weighted by Crippen LogP contribution is 2.30. The molecule has 3 heteroatoms. The summed E-state index contributed by atoms with van der Waals surface area (Å²) in [5.74, 6) is 0. The fraction of sp³-hybridized carbons (Fsp3) is 0. The monoisotopic (exact) mass is 458 g/mol. The van der Waals surface area contributed by atoms with E-state index in [0.717, 1.165) is 26.0 Å². The van der Waals surface area contributed by atoms with Gasteiger partial charge in [-0.05, 0) is 68.8 Å². The first-order valence-corrected chi connectivity index (χ1v) is 9.88. The average Bonchev–Trinajstić information content (AvgIpc) is 2.73. The van der Waals surface area contributed by atoms with Gasteiger partial charge in [-0.25, -0.2) is 9.97 Å². The van der Waals surface area contributed by atoms with Gasteiger partial charge in [-0.2, -0.15) is 0 Å². The molecule has 0 saturated carbocycles. The molecule has 0 aliphatic carbocycles. The second-order valence-electron chi connectivity index (χ2n) is 6.49. The Labute approximate surface area is 171 Å². The first-order valence-electron chi connectivity index (χ1n) is 8.80. The van der Waals surface area contributed by atoms with Gasteiger partial charge in [-0.1, -0.05) is 66.7 Å². The van der Waals surface area contributed by atoms with Crippen molar-refractivity contribution in [1.29, 1.82) is 0 Å². The van der Waals surface area contributed by atoms with Crippen molar-refractivity contribution in [3.63, 3.8) is 0 Å². The molecule has 0 radical (unpaired) electrons. The van der Waals surface area contributed by atoms with Gasteiger partial charge in [-0.15, -0.1) is 0 Å². The maximum absolute atomic E-state index is 4.85. The van der Waals surface area contributed by atoms with Crippen molar-refractivity contribution in [1.82, 2.24) is 9.97 Å². The maximum Gasteiger partial charge on any atom is 0.128 e. The van der Waals surface area contributed by atoms with Gasteiger partial charge in [0.25, 0.3) is 0 Å². The Morgan fingerprint density at radius 1 is 0.519 bits per heavy atom. The molecule has 0 spiro atoms. The van der Waals surface area contributed by atoms with Crippen LogP contribution in [0.1, 0.15) is 0 Å². The van der Waals surface area contributed by atoms with Gasteiger partial charge < -0.3 is 0 Å². The van der Waals surface area contributed by atoms with Crippen molar-refractivity contribution >= 4 is 44.4 Å². The molecule has 0 amide bonds. The number of benzene rings is 4. The molecule has 5 aromatic rings. The van der Waals surface area contributed by atoms with Crippen LogP contribution in [0, 0.1) is 3.70 Å². The second-order valence-corrected chi connectivity index (χ2v) is 7.52. The van der Waals surface area contributed by atoms with E-state index in [1.807, 2.05) is 30.3 Å². The van der Waals surface area contributed by atoms with Crippen LogP contribution in [0.25, 0.3) is 44.2 Å². The third-order valence-electron chi connectivity index (χ3n) is 4.75. The Kier molecular flexibility index (Phi) is 4.09. The van der Waals surface area contributed by atoms with Crippen molar-refractivity contribution in [3.8, 4) is 22.4 Å². The lowest BCUT2D eigenvalue weighted by molar-refractivity contribution is 1.25. The molecule has 0 bridgehead atoms. The van der Waals surface area contributed by atoms with Gasteiger partial charge >= 0.3 is 0 Å². The summed E-state index contributed by atoms with van der Waals surface area (Å²) in [4.78, 5) is 9.56. The molecule has 0 atom stereocenters. The van der Waals surface area contributed by atoms with Gasteiger partial charge in [-0.3, -0.25) is 0 Å². The number of hydrogen-bond donors (Lipinski definition) is 0. The minimum Gasteiger partial charge on any atom is -0.243 e. The van der Waals surface area contributed by atoms with Crippen LogP contribution in [-0.2, 0) is 0 Å². The molecule has 0 unspecified atom stereocenters. The van der Waals surface area contributed by atoms with Crippen LogP contribution in [0.2, 0.25) is 0 Å². The molecule has 1 heterocycles. The fourth-order valence-corrected chi connectivity index (χ4v) is 4.06. The van der Waals surface area contributed by atoms with Gasteiger partial charge in [0.05, 0.1) is 11.0 Å². The minimum absolute atomic E-state index is 0.923. The molecule has 1 aromatic heterocycles.